The Balaban J connectivity index is 4.57. The maximum atomic E-state index is 11.6. The molecule has 0 aliphatic rings. The van der Waals surface area contributed by atoms with Crippen molar-refractivity contribution in [2.45, 2.75) is 26.3 Å². The molecule has 2 N–H and O–H groups in total. The molecule has 0 unspecified atom stereocenters. The highest BCUT2D eigenvalue weighted by atomic mass is 32.2. The predicted molar refractivity (Wildman–Crippen MR) is 55.0 cm³/mol. The zero-order chi connectivity index (χ0) is 12.1. The van der Waals surface area contributed by atoms with Crippen molar-refractivity contribution in [2.24, 2.45) is 0 Å². The molecule has 0 radical (unpaired) electrons. The average Bonchev–Trinajstić information content (AvgIpc) is 2.10. The van der Waals surface area contributed by atoms with Crippen LogP contribution in [-0.2, 0) is 14.8 Å². The van der Waals surface area contributed by atoms with Crippen molar-refractivity contribution >= 4 is 16.0 Å². The summed E-state index contributed by atoms with van der Waals surface area (Å²) in [5.41, 5.74) is 0. The standard InChI is InChI=1S/C8H17NO5S/c1-7(2)9(4-5-10)15(13,14)6-3-8(11)12/h7,10H,3-6H2,1-2H3,(H,11,12). The Hall–Kier alpha value is -0.660. The minimum absolute atomic E-state index is 0.000378. The number of carboxylic acid groups (broad SMARTS) is 1. The molecule has 0 bridgehead atoms. The molecule has 0 amide bonds. The second kappa shape index (κ2) is 6.04. The van der Waals surface area contributed by atoms with Crippen LogP contribution in [0.1, 0.15) is 20.3 Å². The van der Waals surface area contributed by atoms with Crippen molar-refractivity contribution in [3.05, 3.63) is 0 Å². The van der Waals surface area contributed by atoms with Crippen molar-refractivity contribution in [1.82, 2.24) is 4.31 Å². The van der Waals surface area contributed by atoms with E-state index in [9.17, 15) is 13.2 Å². The number of rotatable bonds is 7. The lowest BCUT2D eigenvalue weighted by molar-refractivity contribution is -0.136. The van der Waals surface area contributed by atoms with Gasteiger partial charge in [-0.1, -0.05) is 0 Å². The summed E-state index contributed by atoms with van der Waals surface area (Å²) in [6.45, 7) is 3.08. The molecule has 0 aliphatic heterocycles. The van der Waals surface area contributed by atoms with Crippen LogP contribution in [-0.4, -0.2) is 53.9 Å². The number of aliphatic carboxylic acids is 1. The molecule has 0 rings (SSSR count). The van der Waals surface area contributed by atoms with Gasteiger partial charge in [0.25, 0.3) is 0 Å². The highest BCUT2D eigenvalue weighted by molar-refractivity contribution is 7.89. The van der Waals surface area contributed by atoms with Gasteiger partial charge in [0.15, 0.2) is 0 Å². The summed E-state index contributed by atoms with van der Waals surface area (Å²) >= 11 is 0. The van der Waals surface area contributed by atoms with Gasteiger partial charge in [0, 0.05) is 12.6 Å². The van der Waals surface area contributed by atoms with Crippen molar-refractivity contribution < 1.29 is 23.4 Å². The molecular weight excluding hydrogens is 222 g/mol. The second-order valence-electron chi connectivity index (χ2n) is 3.39. The van der Waals surface area contributed by atoms with E-state index < -0.39 is 28.2 Å². The van der Waals surface area contributed by atoms with Crippen molar-refractivity contribution in [2.75, 3.05) is 18.9 Å². The molecule has 0 spiro atoms. The van der Waals surface area contributed by atoms with Gasteiger partial charge in [0.05, 0.1) is 18.8 Å². The van der Waals surface area contributed by atoms with E-state index >= 15 is 0 Å². The van der Waals surface area contributed by atoms with Crippen LogP contribution >= 0.6 is 0 Å². The SMILES string of the molecule is CC(C)N(CCO)S(=O)(=O)CCC(=O)O. The van der Waals surface area contributed by atoms with Crippen LogP contribution in [0.4, 0.5) is 0 Å². The van der Waals surface area contributed by atoms with E-state index in [1.54, 1.807) is 13.8 Å². The van der Waals surface area contributed by atoms with E-state index in [2.05, 4.69) is 0 Å². The third-order valence-corrected chi connectivity index (χ3v) is 3.87. The zero-order valence-electron chi connectivity index (χ0n) is 8.88. The van der Waals surface area contributed by atoms with E-state index in [1.165, 1.54) is 0 Å². The van der Waals surface area contributed by atoms with Crippen LogP contribution in [0.3, 0.4) is 0 Å². The Kier molecular flexibility index (Phi) is 5.77. The summed E-state index contributed by atoms with van der Waals surface area (Å²) in [7, 11) is -3.59. The first-order valence-corrected chi connectivity index (χ1v) is 6.24. The van der Waals surface area contributed by atoms with Crippen molar-refractivity contribution in [3.8, 4) is 0 Å². The Morgan fingerprint density at radius 3 is 2.27 bits per heavy atom. The van der Waals surface area contributed by atoms with Gasteiger partial charge in [-0.05, 0) is 13.8 Å². The molecule has 7 heteroatoms. The number of sulfonamides is 1. The van der Waals surface area contributed by atoms with Gasteiger partial charge in [0.1, 0.15) is 0 Å². The van der Waals surface area contributed by atoms with Gasteiger partial charge in [0.2, 0.25) is 10.0 Å². The Bertz CT molecular complexity index is 298. The van der Waals surface area contributed by atoms with Gasteiger partial charge in [-0.2, -0.15) is 4.31 Å². The Labute approximate surface area is 89.6 Å². The third kappa shape index (κ3) is 5.10. The van der Waals surface area contributed by atoms with Crippen LogP contribution in [0, 0.1) is 0 Å². The molecule has 0 saturated carbocycles. The number of aliphatic hydroxyl groups excluding tert-OH is 1. The summed E-state index contributed by atoms with van der Waals surface area (Å²) < 4.78 is 24.3. The van der Waals surface area contributed by atoms with Crippen LogP contribution < -0.4 is 0 Å². The first-order chi connectivity index (χ1) is 6.81. The quantitative estimate of drug-likeness (QED) is 0.624. The Morgan fingerprint density at radius 1 is 1.40 bits per heavy atom. The van der Waals surface area contributed by atoms with Gasteiger partial charge < -0.3 is 10.2 Å². The van der Waals surface area contributed by atoms with Crippen molar-refractivity contribution in [1.29, 1.82) is 0 Å². The average molecular weight is 239 g/mol. The molecule has 15 heavy (non-hydrogen) atoms. The van der Waals surface area contributed by atoms with Crippen LogP contribution in [0.15, 0.2) is 0 Å². The number of carboxylic acids is 1. The summed E-state index contributed by atoms with van der Waals surface area (Å²) in [5, 5.41) is 17.1. The van der Waals surface area contributed by atoms with Gasteiger partial charge in [-0.3, -0.25) is 4.79 Å². The molecule has 0 fully saturated rings. The largest absolute Gasteiger partial charge is 0.481 e. The molecule has 0 aromatic heterocycles. The third-order valence-electron chi connectivity index (χ3n) is 1.83. The maximum Gasteiger partial charge on any atom is 0.304 e. The van der Waals surface area contributed by atoms with Crippen molar-refractivity contribution in [3.63, 3.8) is 0 Å². The Morgan fingerprint density at radius 2 is 1.93 bits per heavy atom. The fourth-order valence-electron chi connectivity index (χ4n) is 1.15. The topological polar surface area (TPSA) is 94.9 Å². The first kappa shape index (κ1) is 14.3. The van der Waals surface area contributed by atoms with E-state index in [0.717, 1.165) is 4.31 Å². The van der Waals surface area contributed by atoms with Gasteiger partial charge in [-0.15, -0.1) is 0 Å². The molecule has 0 aliphatic carbocycles. The highest BCUT2D eigenvalue weighted by Crippen LogP contribution is 2.08. The van der Waals surface area contributed by atoms with E-state index in [-0.39, 0.29) is 19.2 Å². The van der Waals surface area contributed by atoms with E-state index in [4.69, 9.17) is 10.2 Å². The number of carbonyl (C=O) groups is 1. The summed E-state index contributed by atoms with van der Waals surface area (Å²) in [5.74, 6) is -1.58. The lowest BCUT2D eigenvalue weighted by atomic mass is 10.4. The number of hydrogen-bond acceptors (Lipinski definition) is 4. The fraction of sp³-hybridized carbons (Fsp3) is 0.875. The minimum Gasteiger partial charge on any atom is -0.481 e. The van der Waals surface area contributed by atoms with E-state index in [1.807, 2.05) is 0 Å². The lowest BCUT2D eigenvalue weighted by Gasteiger charge is -2.24. The fourth-order valence-corrected chi connectivity index (χ4v) is 2.82. The number of nitrogens with zero attached hydrogens (tertiary/aromatic N) is 1. The molecule has 0 atom stereocenters. The molecule has 0 aromatic rings. The molecular formula is C8H17NO5S. The molecule has 6 nitrogen and oxygen atoms in total. The summed E-state index contributed by atoms with van der Waals surface area (Å²) in [6.07, 6.45) is -0.420. The normalized spacial score (nSPS) is 12.3. The highest BCUT2D eigenvalue weighted by Gasteiger charge is 2.24. The summed E-state index contributed by atoms with van der Waals surface area (Å²) in [4.78, 5) is 10.3. The zero-order valence-corrected chi connectivity index (χ0v) is 9.70. The molecule has 90 valence electrons. The predicted octanol–water partition coefficient (Wildman–Crippen LogP) is -0.506. The first-order valence-electron chi connectivity index (χ1n) is 4.63. The monoisotopic (exact) mass is 239 g/mol. The summed E-state index contributed by atoms with van der Waals surface area (Å²) in [6, 6.07) is -0.282. The minimum atomic E-state index is -3.59. The van der Waals surface area contributed by atoms with Crippen LogP contribution in [0.2, 0.25) is 0 Å². The van der Waals surface area contributed by atoms with Crippen LogP contribution in [0.5, 0.6) is 0 Å². The molecule has 0 heterocycles. The smallest absolute Gasteiger partial charge is 0.304 e. The van der Waals surface area contributed by atoms with Crippen LogP contribution in [0.25, 0.3) is 0 Å². The van der Waals surface area contributed by atoms with Gasteiger partial charge in [-0.25, -0.2) is 8.42 Å². The van der Waals surface area contributed by atoms with E-state index in [0.29, 0.717) is 0 Å². The lowest BCUT2D eigenvalue weighted by Crippen LogP contribution is -2.40. The second-order valence-corrected chi connectivity index (χ2v) is 5.43. The van der Waals surface area contributed by atoms with Gasteiger partial charge >= 0.3 is 5.97 Å². The number of aliphatic hydroxyl groups is 1. The molecule has 0 saturated heterocycles. The maximum absolute atomic E-state index is 11.6. The molecule has 0 aromatic carbocycles. The number of hydrogen-bond donors (Lipinski definition) is 2.